The van der Waals surface area contributed by atoms with E-state index in [0.29, 0.717) is 11.5 Å². The first-order chi connectivity index (χ1) is 8.47. The van der Waals surface area contributed by atoms with Gasteiger partial charge in [0.15, 0.2) is 0 Å². The molecule has 2 fully saturated rings. The molecule has 0 saturated carbocycles. The summed E-state index contributed by atoms with van der Waals surface area (Å²) in [7, 11) is 0. The summed E-state index contributed by atoms with van der Waals surface area (Å²) >= 11 is 0. The lowest BCUT2D eigenvalue weighted by atomic mass is 9.99. The minimum atomic E-state index is 0.286. The minimum Gasteiger partial charge on any atom is -0.381 e. The molecule has 18 heavy (non-hydrogen) atoms. The highest BCUT2D eigenvalue weighted by molar-refractivity contribution is 4.85. The summed E-state index contributed by atoms with van der Waals surface area (Å²) in [6.07, 6.45) is 1.14. The molecule has 0 aliphatic carbocycles. The van der Waals surface area contributed by atoms with Crippen LogP contribution < -0.4 is 5.73 Å². The lowest BCUT2D eigenvalue weighted by Gasteiger charge is -2.43. The van der Waals surface area contributed by atoms with Crippen LogP contribution in [-0.2, 0) is 4.74 Å². The molecule has 2 aliphatic heterocycles. The van der Waals surface area contributed by atoms with Crippen LogP contribution in [0.4, 0.5) is 0 Å². The van der Waals surface area contributed by atoms with Crippen molar-refractivity contribution in [2.75, 3.05) is 45.9 Å². The molecule has 0 aromatic heterocycles. The molecule has 0 aromatic rings. The Hall–Kier alpha value is -0.160. The van der Waals surface area contributed by atoms with Gasteiger partial charge in [0.2, 0.25) is 0 Å². The Morgan fingerprint density at radius 1 is 1.22 bits per heavy atom. The van der Waals surface area contributed by atoms with E-state index in [4.69, 9.17) is 10.5 Å². The number of ether oxygens (including phenoxy) is 1. The fourth-order valence-electron chi connectivity index (χ4n) is 2.94. The molecule has 106 valence electrons. The van der Waals surface area contributed by atoms with Gasteiger partial charge < -0.3 is 10.5 Å². The maximum absolute atomic E-state index is 6.29. The fraction of sp³-hybridized carbons (Fsp3) is 1.00. The zero-order chi connectivity index (χ0) is 13.2. The first-order valence-electron chi connectivity index (χ1n) is 7.27. The van der Waals surface area contributed by atoms with Crippen LogP contribution >= 0.6 is 0 Å². The van der Waals surface area contributed by atoms with Gasteiger partial charge in [-0.3, -0.25) is 9.80 Å². The van der Waals surface area contributed by atoms with Crippen molar-refractivity contribution in [2.45, 2.75) is 38.8 Å². The predicted octanol–water partition coefficient (Wildman–Crippen LogP) is 0.766. The van der Waals surface area contributed by atoms with Gasteiger partial charge in [-0.05, 0) is 27.2 Å². The molecule has 2 unspecified atom stereocenters. The Balaban J connectivity index is 1.73. The van der Waals surface area contributed by atoms with Crippen LogP contribution in [0.3, 0.4) is 0 Å². The summed E-state index contributed by atoms with van der Waals surface area (Å²) < 4.78 is 5.42. The van der Waals surface area contributed by atoms with Gasteiger partial charge in [-0.15, -0.1) is 0 Å². The molecule has 0 amide bonds. The highest BCUT2D eigenvalue weighted by Gasteiger charge is 2.28. The largest absolute Gasteiger partial charge is 0.381 e. The highest BCUT2D eigenvalue weighted by Crippen LogP contribution is 2.19. The number of hydrogen-bond acceptors (Lipinski definition) is 4. The maximum atomic E-state index is 6.29. The maximum Gasteiger partial charge on any atom is 0.0510 e. The molecular formula is C14H29N3O. The van der Waals surface area contributed by atoms with Gasteiger partial charge in [-0.2, -0.15) is 0 Å². The lowest BCUT2D eigenvalue weighted by Crippen LogP contribution is -2.55. The van der Waals surface area contributed by atoms with Crippen LogP contribution in [0.5, 0.6) is 0 Å². The first-order valence-corrected chi connectivity index (χ1v) is 7.27. The summed E-state index contributed by atoms with van der Waals surface area (Å²) in [5.41, 5.74) is 6.59. The molecule has 0 aromatic carbocycles. The van der Waals surface area contributed by atoms with Gasteiger partial charge in [-0.1, -0.05) is 0 Å². The second kappa shape index (κ2) is 5.87. The van der Waals surface area contributed by atoms with Crippen LogP contribution in [0, 0.1) is 5.92 Å². The summed E-state index contributed by atoms with van der Waals surface area (Å²) in [4.78, 5) is 5.08. The Bertz CT molecular complexity index is 250. The number of piperazine rings is 1. The molecule has 0 spiro atoms. The number of nitrogens with zero attached hydrogens (tertiary/aromatic N) is 2. The average Bonchev–Trinajstić information content (AvgIpc) is 2.82. The molecule has 2 rings (SSSR count). The molecule has 2 N–H and O–H groups in total. The second-order valence-corrected chi connectivity index (χ2v) is 6.75. The summed E-state index contributed by atoms with van der Waals surface area (Å²) in [6.45, 7) is 14.3. The third-order valence-electron chi connectivity index (χ3n) is 4.36. The Kier molecular flexibility index (Phi) is 4.64. The van der Waals surface area contributed by atoms with Gasteiger partial charge in [0.1, 0.15) is 0 Å². The van der Waals surface area contributed by atoms with Crippen molar-refractivity contribution in [3.63, 3.8) is 0 Å². The second-order valence-electron chi connectivity index (χ2n) is 6.75. The summed E-state index contributed by atoms with van der Waals surface area (Å²) in [6, 6.07) is 0.286. The van der Waals surface area contributed by atoms with E-state index in [0.717, 1.165) is 52.4 Å². The molecular weight excluding hydrogens is 226 g/mol. The predicted molar refractivity (Wildman–Crippen MR) is 74.7 cm³/mol. The zero-order valence-electron chi connectivity index (χ0n) is 12.2. The van der Waals surface area contributed by atoms with Crippen molar-refractivity contribution >= 4 is 0 Å². The van der Waals surface area contributed by atoms with Crippen LogP contribution in [0.25, 0.3) is 0 Å². The third kappa shape index (κ3) is 3.67. The van der Waals surface area contributed by atoms with Crippen molar-refractivity contribution in [1.82, 2.24) is 9.80 Å². The Morgan fingerprint density at radius 3 is 2.39 bits per heavy atom. The minimum absolute atomic E-state index is 0.286. The van der Waals surface area contributed by atoms with Crippen molar-refractivity contribution < 1.29 is 4.74 Å². The van der Waals surface area contributed by atoms with Crippen LogP contribution in [0.2, 0.25) is 0 Å². The van der Waals surface area contributed by atoms with Gasteiger partial charge in [-0.25, -0.2) is 0 Å². The quantitative estimate of drug-likeness (QED) is 0.809. The van der Waals surface area contributed by atoms with Gasteiger partial charge in [0.05, 0.1) is 6.61 Å². The fourth-order valence-corrected chi connectivity index (χ4v) is 2.94. The summed E-state index contributed by atoms with van der Waals surface area (Å²) in [5, 5.41) is 0. The molecule has 2 aliphatic rings. The number of hydrogen-bond donors (Lipinski definition) is 1. The first kappa shape index (κ1) is 14.3. The van der Waals surface area contributed by atoms with E-state index in [1.54, 1.807) is 0 Å². The summed E-state index contributed by atoms with van der Waals surface area (Å²) in [5.74, 6) is 0.575. The molecule has 2 atom stereocenters. The van der Waals surface area contributed by atoms with E-state index in [9.17, 15) is 0 Å². The molecule has 4 nitrogen and oxygen atoms in total. The average molecular weight is 255 g/mol. The van der Waals surface area contributed by atoms with Crippen molar-refractivity contribution in [2.24, 2.45) is 11.7 Å². The monoisotopic (exact) mass is 255 g/mol. The van der Waals surface area contributed by atoms with Crippen LogP contribution in [0.15, 0.2) is 0 Å². The van der Waals surface area contributed by atoms with E-state index in [-0.39, 0.29) is 6.04 Å². The number of rotatable bonds is 3. The normalized spacial score (nSPS) is 29.7. The van der Waals surface area contributed by atoms with E-state index >= 15 is 0 Å². The zero-order valence-corrected chi connectivity index (χ0v) is 12.2. The Morgan fingerprint density at radius 2 is 1.89 bits per heavy atom. The third-order valence-corrected chi connectivity index (χ3v) is 4.36. The molecule has 4 heteroatoms. The topological polar surface area (TPSA) is 41.7 Å². The van der Waals surface area contributed by atoms with E-state index < -0.39 is 0 Å². The molecule has 2 saturated heterocycles. The lowest BCUT2D eigenvalue weighted by molar-refractivity contribution is 0.0563. The van der Waals surface area contributed by atoms with E-state index in [2.05, 4.69) is 30.6 Å². The molecule has 2 heterocycles. The standard InChI is InChI=1S/C14H29N3O/c1-14(2,3)17-7-5-16(6-8-17)10-13(15)12-4-9-18-11-12/h12-13H,4-11,15H2,1-3H3. The molecule has 0 radical (unpaired) electrons. The van der Waals surface area contributed by atoms with Crippen molar-refractivity contribution in [3.8, 4) is 0 Å². The SMILES string of the molecule is CC(C)(C)N1CCN(CC(N)C2CCOC2)CC1. The van der Waals surface area contributed by atoms with Gasteiger partial charge in [0, 0.05) is 56.8 Å². The van der Waals surface area contributed by atoms with E-state index in [1.165, 1.54) is 0 Å². The van der Waals surface area contributed by atoms with E-state index in [1.807, 2.05) is 0 Å². The van der Waals surface area contributed by atoms with Crippen LogP contribution in [0.1, 0.15) is 27.2 Å². The van der Waals surface area contributed by atoms with Gasteiger partial charge in [0.25, 0.3) is 0 Å². The van der Waals surface area contributed by atoms with Crippen LogP contribution in [-0.4, -0.2) is 67.3 Å². The Labute approximate surface area is 111 Å². The number of nitrogens with two attached hydrogens (primary N) is 1. The highest BCUT2D eigenvalue weighted by atomic mass is 16.5. The molecule has 0 bridgehead atoms. The smallest absolute Gasteiger partial charge is 0.0510 e. The van der Waals surface area contributed by atoms with Crippen molar-refractivity contribution in [3.05, 3.63) is 0 Å². The van der Waals surface area contributed by atoms with Crippen molar-refractivity contribution in [1.29, 1.82) is 0 Å². The van der Waals surface area contributed by atoms with Gasteiger partial charge >= 0.3 is 0 Å².